The van der Waals surface area contributed by atoms with Gasteiger partial charge in [0.25, 0.3) is 0 Å². The van der Waals surface area contributed by atoms with Gasteiger partial charge in [-0.2, -0.15) is 0 Å². The van der Waals surface area contributed by atoms with Crippen molar-refractivity contribution in [3.05, 3.63) is 47.4 Å². The van der Waals surface area contributed by atoms with E-state index in [-0.39, 0.29) is 41.9 Å². The number of aromatic nitrogens is 3. The molecule has 1 saturated heterocycles. The third-order valence-corrected chi connectivity index (χ3v) is 5.72. The Kier molecular flexibility index (Phi) is 6.31. The third kappa shape index (κ3) is 5.10. The summed E-state index contributed by atoms with van der Waals surface area (Å²) < 4.78 is 32.4. The molecule has 2 aromatic heterocycles. The molecular formula is C20H19F2N5O3S. The van der Waals surface area contributed by atoms with Crippen LogP contribution in [-0.2, 0) is 16.0 Å². The van der Waals surface area contributed by atoms with Gasteiger partial charge in [-0.1, -0.05) is 11.3 Å². The van der Waals surface area contributed by atoms with Crippen molar-refractivity contribution in [1.82, 2.24) is 20.1 Å². The van der Waals surface area contributed by atoms with Crippen LogP contribution in [0.15, 0.2) is 34.3 Å². The molecule has 8 nitrogen and oxygen atoms in total. The van der Waals surface area contributed by atoms with Crippen LogP contribution in [0.1, 0.15) is 25.2 Å². The van der Waals surface area contributed by atoms with Crippen LogP contribution in [0.3, 0.4) is 0 Å². The predicted molar refractivity (Wildman–Crippen MR) is 108 cm³/mol. The van der Waals surface area contributed by atoms with Crippen LogP contribution in [-0.4, -0.2) is 45.0 Å². The van der Waals surface area contributed by atoms with Crippen molar-refractivity contribution in [1.29, 1.82) is 0 Å². The summed E-state index contributed by atoms with van der Waals surface area (Å²) in [7, 11) is 0. The molecule has 1 aliphatic rings. The van der Waals surface area contributed by atoms with Crippen molar-refractivity contribution in [2.75, 3.05) is 18.4 Å². The normalized spacial score (nSPS) is 14.6. The van der Waals surface area contributed by atoms with E-state index in [1.165, 1.54) is 23.6 Å². The van der Waals surface area contributed by atoms with E-state index >= 15 is 0 Å². The van der Waals surface area contributed by atoms with E-state index in [1.807, 2.05) is 0 Å². The van der Waals surface area contributed by atoms with Gasteiger partial charge in [-0.05, 0) is 25.0 Å². The Morgan fingerprint density at radius 1 is 1.26 bits per heavy atom. The summed E-state index contributed by atoms with van der Waals surface area (Å²) in [6.45, 7) is 0.981. The Balaban J connectivity index is 1.25. The largest absolute Gasteiger partial charge is 0.441 e. The molecule has 0 bridgehead atoms. The van der Waals surface area contributed by atoms with Gasteiger partial charge in [0.15, 0.2) is 11.7 Å². The zero-order valence-corrected chi connectivity index (χ0v) is 17.2. The highest BCUT2D eigenvalue weighted by Crippen LogP contribution is 2.25. The van der Waals surface area contributed by atoms with Gasteiger partial charge in [0.05, 0.1) is 11.8 Å². The Labute approximate surface area is 180 Å². The Morgan fingerprint density at radius 3 is 2.77 bits per heavy atom. The number of likely N-dealkylation sites (tertiary alicyclic amines) is 1. The standard InChI is InChI=1S/C20H19F2N5O3S/c21-13-1-2-14(15(22)9-13)16-10-23-17(30-16)3-4-18(28)27-7-5-12(6-8-27)19(29)25-20-26-24-11-31-20/h1-2,9-12H,3-8H2,(H,25,26,29). The monoisotopic (exact) mass is 447 g/mol. The van der Waals surface area contributed by atoms with Gasteiger partial charge in [-0.15, -0.1) is 10.2 Å². The van der Waals surface area contributed by atoms with E-state index < -0.39 is 11.6 Å². The number of anilines is 1. The molecule has 1 aliphatic heterocycles. The molecule has 0 aliphatic carbocycles. The van der Waals surface area contributed by atoms with Crippen molar-refractivity contribution >= 4 is 28.3 Å². The van der Waals surface area contributed by atoms with Crippen LogP contribution in [0.5, 0.6) is 0 Å². The fraction of sp³-hybridized carbons (Fsp3) is 0.350. The van der Waals surface area contributed by atoms with Crippen molar-refractivity contribution in [3.8, 4) is 11.3 Å². The Bertz CT molecular complexity index is 1060. The second-order valence-electron chi connectivity index (χ2n) is 7.13. The third-order valence-electron chi connectivity index (χ3n) is 5.11. The molecular weight excluding hydrogens is 428 g/mol. The molecule has 1 fully saturated rings. The molecule has 1 N–H and O–H groups in total. The quantitative estimate of drug-likeness (QED) is 0.622. The Morgan fingerprint density at radius 2 is 2.06 bits per heavy atom. The highest BCUT2D eigenvalue weighted by atomic mass is 32.1. The summed E-state index contributed by atoms with van der Waals surface area (Å²) in [6.07, 6.45) is 2.96. The first-order valence-electron chi connectivity index (χ1n) is 9.74. The fourth-order valence-electron chi connectivity index (χ4n) is 3.44. The summed E-state index contributed by atoms with van der Waals surface area (Å²) >= 11 is 1.26. The number of piperidine rings is 1. The molecule has 0 saturated carbocycles. The zero-order chi connectivity index (χ0) is 21.8. The number of carbonyl (C=O) groups is 2. The minimum Gasteiger partial charge on any atom is -0.441 e. The number of oxazole rings is 1. The van der Waals surface area contributed by atoms with Gasteiger partial charge in [-0.25, -0.2) is 13.8 Å². The molecule has 0 unspecified atom stereocenters. The summed E-state index contributed by atoms with van der Waals surface area (Å²) in [5.41, 5.74) is 1.66. The van der Waals surface area contributed by atoms with Crippen LogP contribution in [0.25, 0.3) is 11.3 Å². The maximum absolute atomic E-state index is 13.9. The number of nitrogens with one attached hydrogen (secondary N) is 1. The number of amides is 2. The van der Waals surface area contributed by atoms with E-state index in [9.17, 15) is 18.4 Å². The number of hydrogen-bond acceptors (Lipinski definition) is 7. The van der Waals surface area contributed by atoms with Crippen LogP contribution >= 0.6 is 11.3 Å². The number of benzene rings is 1. The molecule has 2 amide bonds. The van der Waals surface area contributed by atoms with Gasteiger partial charge in [-0.3, -0.25) is 9.59 Å². The lowest BCUT2D eigenvalue weighted by Gasteiger charge is -2.31. The van der Waals surface area contributed by atoms with Crippen molar-refractivity contribution in [2.45, 2.75) is 25.7 Å². The number of rotatable bonds is 6. The maximum atomic E-state index is 13.9. The first-order valence-corrected chi connectivity index (χ1v) is 10.6. The summed E-state index contributed by atoms with van der Waals surface area (Å²) in [6, 6.07) is 3.20. The van der Waals surface area contributed by atoms with Crippen LogP contribution in [0.2, 0.25) is 0 Å². The van der Waals surface area contributed by atoms with E-state index in [0.717, 1.165) is 12.1 Å². The fourth-order valence-corrected chi connectivity index (χ4v) is 3.89. The van der Waals surface area contributed by atoms with Gasteiger partial charge in [0.1, 0.15) is 17.1 Å². The van der Waals surface area contributed by atoms with Crippen LogP contribution < -0.4 is 5.32 Å². The SMILES string of the molecule is O=C(Nc1nncs1)C1CCN(C(=O)CCc2ncc(-c3ccc(F)cc3F)o2)CC1. The van der Waals surface area contributed by atoms with Gasteiger partial charge in [0.2, 0.25) is 16.9 Å². The number of hydrogen-bond donors (Lipinski definition) is 1. The molecule has 4 rings (SSSR count). The highest BCUT2D eigenvalue weighted by molar-refractivity contribution is 7.13. The summed E-state index contributed by atoms with van der Waals surface area (Å²) in [4.78, 5) is 30.6. The predicted octanol–water partition coefficient (Wildman–Crippen LogP) is 3.28. The van der Waals surface area contributed by atoms with Crippen LogP contribution in [0.4, 0.5) is 13.9 Å². The van der Waals surface area contributed by atoms with E-state index in [2.05, 4.69) is 20.5 Å². The minimum absolute atomic E-state index is 0.0595. The zero-order valence-electron chi connectivity index (χ0n) is 16.4. The first-order chi connectivity index (χ1) is 15.0. The lowest BCUT2D eigenvalue weighted by atomic mass is 9.95. The smallest absolute Gasteiger partial charge is 0.229 e. The van der Waals surface area contributed by atoms with Crippen molar-refractivity contribution in [2.24, 2.45) is 5.92 Å². The van der Waals surface area contributed by atoms with E-state index in [1.54, 1.807) is 10.4 Å². The Hall–Kier alpha value is -3.21. The van der Waals surface area contributed by atoms with Crippen molar-refractivity contribution < 1.29 is 22.8 Å². The summed E-state index contributed by atoms with van der Waals surface area (Å²) in [5.74, 6) is -1.27. The molecule has 0 spiro atoms. The number of carbonyl (C=O) groups excluding carboxylic acids is 2. The maximum Gasteiger partial charge on any atom is 0.229 e. The van der Waals surface area contributed by atoms with Crippen molar-refractivity contribution in [3.63, 3.8) is 0 Å². The lowest BCUT2D eigenvalue weighted by Crippen LogP contribution is -2.41. The minimum atomic E-state index is -0.739. The van der Waals surface area contributed by atoms with Gasteiger partial charge >= 0.3 is 0 Å². The molecule has 162 valence electrons. The van der Waals surface area contributed by atoms with Gasteiger partial charge < -0.3 is 14.6 Å². The van der Waals surface area contributed by atoms with E-state index in [0.29, 0.717) is 37.0 Å². The molecule has 0 radical (unpaired) electrons. The molecule has 31 heavy (non-hydrogen) atoms. The molecule has 0 atom stereocenters. The van der Waals surface area contributed by atoms with Crippen LogP contribution in [0, 0.1) is 17.6 Å². The van der Waals surface area contributed by atoms with E-state index in [4.69, 9.17) is 4.42 Å². The summed E-state index contributed by atoms with van der Waals surface area (Å²) in [5, 5.41) is 10.7. The lowest BCUT2D eigenvalue weighted by molar-refractivity contribution is -0.134. The molecule has 3 heterocycles. The molecule has 1 aromatic carbocycles. The first kappa shape index (κ1) is 21.0. The van der Waals surface area contributed by atoms with Gasteiger partial charge in [0, 0.05) is 37.9 Å². The second kappa shape index (κ2) is 9.29. The number of aryl methyl sites for hydroxylation is 1. The number of halogens is 2. The highest BCUT2D eigenvalue weighted by Gasteiger charge is 2.27. The molecule has 3 aromatic rings. The number of nitrogens with zero attached hydrogens (tertiary/aromatic N) is 4. The molecule has 11 heteroatoms. The second-order valence-corrected chi connectivity index (χ2v) is 7.96. The average molecular weight is 447 g/mol. The topological polar surface area (TPSA) is 101 Å². The average Bonchev–Trinajstić information content (AvgIpc) is 3.44.